The molecule has 3 N–H and O–H groups in total. The lowest BCUT2D eigenvalue weighted by atomic mass is 9.55. The van der Waals surface area contributed by atoms with E-state index in [1.807, 2.05) is 12.1 Å². The summed E-state index contributed by atoms with van der Waals surface area (Å²) in [6.07, 6.45) is 7.92. The highest BCUT2D eigenvalue weighted by molar-refractivity contribution is 5.40. The smallest absolute Gasteiger partial charge is 0.115 e. The molecule has 3 aliphatic rings. The monoisotopic (exact) mass is 362 g/mol. The molecule has 2 fully saturated rings. The fourth-order valence-corrected chi connectivity index (χ4v) is 6.89. The number of aryl methyl sites for hydroxylation is 1. The van der Waals surface area contributed by atoms with Crippen molar-refractivity contribution in [2.75, 3.05) is 0 Å². The summed E-state index contributed by atoms with van der Waals surface area (Å²) in [6, 6.07) is 17.9. The molecule has 0 heterocycles. The van der Waals surface area contributed by atoms with Crippen LogP contribution in [0.25, 0.3) is 0 Å². The van der Waals surface area contributed by atoms with Gasteiger partial charge in [-0.05, 0) is 73.1 Å². The first-order valence-corrected chi connectivity index (χ1v) is 10.8. The Morgan fingerprint density at radius 3 is 2.74 bits per heavy atom. The fourth-order valence-electron chi connectivity index (χ4n) is 6.89. The molecule has 3 aliphatic carbocycles. The van der Waals surface area contributed by atoms with E-state index in [0.29, 0.717) is 11.2 Å². The van der Waals surface area contributed by atoms with Crippen molar-refractivity contribution in [3.05, 3.63) is 65.2 Å². The Kier molecular flexibility index (Phi) is 4.27. The van der Waals surface area contributed by atoms with E-state index in [4.69, 9.17) is 0 Å². The molecule has 5 atom stereocenters. The van der Waals surface area contributed by atoms with Crippen LogP contribution in [0, 0.1) is 17.3 Å². The van der Waals surface area contributed by atoms with Crippen LogP contribution in [0.5, 0.6) is 5.75 Å². The minimum Gasteiger partial charge on any atom is -0.508 e. The molecule has 0 aliphatic heterocycles. The molecule has 2 aromatic rings. The summed E-state index contributed by atoms with van der Waals surface area (Å²) in [4.78, 5) is 0. The van der Waals surface area contributed by atoms with Gasteiger partial charge in [-0.2, -0.15) is 0 Å². The lowest BCUT2D eigenvalue weighted by Crippen LogP contribution is -2.91. The zero-order valence-electron chi connectivity index (χ0n) is 16.4. The third-order valence-electron chi connectivity index (χ3n) is 8.26. The minimum atomic E-state index is 0.435. The highest BCUT2D eigenvalue weighted by Crippen LogP contribution is 2.60. The molecule has 142 valence electrons. The van der Waals surface area contributed by atoms with Crippen LogP contribution in [0.4, 0.5) is 0 Å². The van der Waals surface area contributed by atoms with Crippen LogP contribution in [0.3, 0.4) is 0 Å². The summed E-state index contributed by atoms with van der Waals surface area (Å²) in [5.41, 5.74) is 4.89. The van der Waals surface area contributed by atoms with E-state index in [9.17, 15) is 5.11 Å². The molecule has 0 radical (unpaired) electrons. The van der Waals surface area contributed by atoms with Gasteiger partial charge in [0.1, 0.15) is 12.3 Å². The average Bonchev–Trinajstić information content (AvgIpc) is 3.03. The summed E-state index contributed by atoms with van der Waals surface area (Å²) in [6.45, 7) is 3.71. The van der Waals surface area contributed by atoms with Crippen molar-refractivity contribution < 1.29 is 10.4 Å². The Balaban J connectivity index is 1.34. The van der Waals surface area contributed by atoms with E-state index in [-0.39, 0.29) is 0 Å². The van der Waals surface area contributed by atoms with Gasteiger partial charge < -0.3 is 10.4 Å². The molecule has 2 heteroatoms. The number of phenolic OH excluding ortho intramolecular Hbond substituents is 1. The number of phenols is 1. The molecular formula is C25H32NO+. The summed E-state index contributed by atoms with van der Waals surface area (Å²) >= 11 is 0. The van der Waals surface area contributed by atoms with Gasteiger partial charge in [0, 0.05) is 17.4 Å². The molecule has 0 bridgehead atoms. The molecule has 3 unspecified atom stereocenters. The van der Waals surface area contributed by atoms with Crippen molar-refractivity contribution in [2.45, 2.75) is 64.0 Å². The quantitative estimate of drug-likeness (QED) is 0.835. The third-order valence-corrected chi connectivity index (χ3v) is 8.26. The van der Waals surface area contributed by atoms with Gasteiger partial charge in [-0.15, -0.1) is 0 Å². The number of quaternary nitrogens is 1. The Bertz CT molecular complexity index is 816. The van der Waals surface area contributed by atoms with Crippen molar-refractivity contribution in [1.29, 1.82) is 0 Å². The lowest BCUT2D eigenvalue weighted by molar-refractivity contribution is -0.715. The number of benzene rings is 2. The third kappa shape index (κ3) is 2.89. The highest BCUT2D eigenvalue weighted by atomic mass is 16.3. The van der Waals surface area contributed by atoms with E-state index < -0.39 is 0 Å². The molecule has 0 amide bonds. The van der Waals surface area contributed by atoms with Crippen LogP contribution in [-0.2, 0) is 13.0 Å². The number of nitrogens with two attached hydrogens (primary N) is 1. The van der Waals surface area contributed by atoms with Crippen LogP contribution in [-0.4, -0.2) is 11.1 Å². The van der Waals surface area contributed by atoms with E-state index in [0.717, 1.165) is 36.8 Å². The maximum absolute atomic E-state index is 9.86. The molecule has 0 spiro atoms. The second-order valence-corrected chi connectivity index (χ2v) is 9.45. The standard InChI is InChI=1S/C25H31NO/c1-25-14-13-21-20-10-8-19(27)15-18(20)7-9-22(21)23(25)11-12-24(25)26-16-17-5-3-2-4-6-17/h2-6,8,10,15,21-24,26-27H,7,9,11-14,16H2,1H3/p+1/t21?,22?,23?,24-,25-/m0/s1. The first-order valence-electron chi connectivity index (χ1n) is 10.8. The van der Waals surface area contributed by atoms with Gasteiger partial charge in [0.25, 0.3) is 0 Å². The van der Waals surface area contributed by atoms with E-state index in [1.54, 1.807) is 5.56 Å². The predicted octanol–water partition coefficient (Wildman–Crippen LogP) is 4.38. The van der Waals surface area contributed by atoms with Crippen molar-refractivity contribution in [3.63, 3.8) is 0 Å². The van der Waals surface area contributed by atoms with Crippen LogP contribution in [0.15, 0.2) is 48.5 Å². The van der Waals surface area contributed by atoms with Gasteiger partial charge in [0.15, 0.2) is 0 Å². The SMILES string of the molecule is C[C@]12CCC3c4ccc(O)cc4CCC3C1CC[C@@H]2[NH2+]Cc1ccccc1. The second-order valence-electron chi connectivity index (χ2n) is 9.45. The van der Waals surface area contributed by atoms with Crippen LogP contribution in [0.1, 0.15) is 61.6 Å². The normalized spacial score (nSPS) is 34.6. The summed E-state index contributed by atoms with van der Waals surface area (Å²) in [7, 11) is 0. The zero-order chi connectivity index (χ0) is 18.4. The summed E-state index contributed by atoms with van der Waals surface area (Å²) < 4.78 is 0. The Morgan fingerprint density at radius 2 is 1.89 bits per heavy atom. The molecule has 2 saturated carbocycles. The predicted molar refractivity (Wildman–Crippen MR) is 109 cm³/mol. The topological polar surface area (TPSA) is 36.8 Å². The van der Waals surface area contributed by atoms with Crippen molar-refractivity contribution in [3.8, 4) is 5.75 Å². The number of hydrogen-bond acceptors (Lipinski definition) is 1. The summed E-state index contributed by atoms with van der Waals surface area (Å²) in [5, 5.41) is 12.5. The van der Waals surface area contributed by atoms with Crippen molar-refractivity contribution in [1.82, 2.24) is 0 Å². The molecule has 27 heavy (non-hydrogen) atoms. The maximum atomic E-state index is 9.86. The second kappa shape index (κ2) is 6.67. The van der Waals surface area contributed by atoms with Crippen LogP contribution in [0.2, 0.25) is 0 Å². The maximum Gasteiger partial charge on any atom is 0.115 e. The van der Waals surface area contributed by atoms with E-state index in [2.05, 4.69) is 48.6 Å². The van der Waals surface area contributed by atoms with E-state index in [1.165, 1.54) is 43.2 Å². The Labute approximate surface area is 163 Å². The Morgan fingerprint density at radius 1 is 1.04 bits per heavy atom. The van der Waals surface area contributed by atoms with Crippen LogP contribution >= 0.6 is 0 Å². The van der Waals surface area contributed by atoms with E-state index >= 15 is 0 Å². The highest BCUT2D eigenvalue weighted by Gasteiger charge is 2.56. The van der Waals surface area contributed by atoms with Gasteiger partial charge in [-0.25, -0.2) is 0 Å². The van der Waals surface area contributed by atoms with Crippen LogP contribution < -0.4 is 5.32 Å². The van der Waals surface area contributed by atoms with Gasteiger partial charge in [-0.3, -0.25) is 0 Å². The minimum absolute atomic E-state index is 0.435. The van der Waals surface area contributed by atoms with Gasteiger partial charge in [0.05, 0.1) is 6.04 Å². The van der Waals surface area contributed by atoms with Gasteiger partial charge in [0.2, 0.25) is 0 Å². The molecular weight excluding hydrogens is 330 g/mol. The summed E-state index contributed by atoms with van der Waals surface area (Å²) in [5.74, 6) is 2.87. The molecule has 2 aromatic carbocycles. The fraction of sp³-hybridized carbons (Fsp3) is 0.520. The molecule has 2 nitrogen and oxygen atoms in total. The van der Waals surface area contributed by atoms with Crippen molar-refractivity contribution in [2.24, 2.45) is 17.3 Å². The number of hydrogen-bond donors (Lipinski definition) is 2. The first-order chi connectivity index (χ1) is 13.1. The lowest BCUT2D eigenvalue weighted by Gasteiger charge is -2.50. The number of fused-ring (bicyclic) bond motifs is 5. The molecule has 5 rings (SSSR count). The van der Waals surface area contributed by atoms with Gasteiger partial charge in [-0.1, -0.05) is 43.3 Å². The molecule has 0 aromatic heterocycles. The Hall–Kier alpha value is -1.80. The van der Waals surface area contributed by atoms with Gasteiger partial charge >= 0.3 is 0 Å². The number of aromatic hydroxyl groups is 1. The molecule has 0 saturated heterocycles. The largest absolute Gasteiger partial charge is 0.508 e. The number of rotatable bonds is 3. The first kappa shape index (κ1) is 17.3. The van der Waals surface area contributed by atoms with Crippen molar-refractivity contribution >= 4 is 0 Å². The average molecular weight is 363 g/mol. The zero-order valence-corrected chi connectivity index (χ0v) is 16.4.